The normalized spacial score (nSPS) is 10.3. The largest absolute Gasteiger partial charge is 0.459 e. The number of hydrogen-bond donors (Lipinski definition) is 3. The van der Waals surface area contributed by atoms with Gasteiger partial charge in [-0.15, -0.1) is 0 Å². The van der Waals surface area contributed by atoms with Crippen molar-refractivity contribution in [3.8, 4) is 0 Å². The monoisotopic (exact) mass is 338 g/mol. The number of hydrogen-bond acceptors (Lipinski definition) is 7. The predicted molar refractivity (Wildman–Crippen MR) is 93.8 cm³/mol. The highest BCUT2D eigenvalue weighted by molar-refractivity contribution is 5.91. The number of aromatic nitrogens is 3. The summed E-state index contributed by atoms with van der Waals surface area (Å²) < 4.78 is 5.03. The average molecular weight is 338 g/mol. The summed E-state index contributed by atoms with van der Waals surface area (Å²) >= 11 is 0. The van der Waals surface area contributed by atoms with E-state index >= 15 is 0 Å². The van der Waals surface area contributed by atoms with Crippen molar-refractivity contribution in [3.05, 3.63) is 60.4 Å². The lowest BCUT2D eigenvalue weighted by Gasteiger charge is -2.10. The summed E-state index contributed by atoms with van der Waals surface area (Å²) in [6.45, 7) is 2.77. The molecule has 0 radical (unpaired) electrons. The number of aryl methyl sites for hydroxylation is 1. The number of carbonyl (C=O) groups is 1. The highest BCUT2D eigenvalue weighted by Gasteiger charge is 2.07. The molecule has 8 nitrogen and oxygen atoms in total. The first kappa shape index (κ1) is 16.4. The SMILES string of the molecule is Cc1nc(NCCNC(=O)c2ccco2)cc(Nc2ccccn2)n1. The standard InChI is InChI=1S/C17H18N6O2/c1-12-21-15(11-16(22-12)23-14-6-2-3-7-18-14)19-8-9-20-17(24)13-5-4-10-25-13/h2-7,10-11H,8-9H2,1H3,(H,20,24)(H2,18,19,21,22,23). The third-order valence-electron chi connectivity index (χ3n) is 3.22. The molecule has 0 aromatic carbocycles. The van der Waals surface area contributed by atoms with E-state index in [1.54, 1.807) is 24.4 Å². The molecule has 3 aromatic rings. The number of carbonyl (C=O) groups excluding carboxylic acids is 1. The predicted octanol–water partition coefficient (Wildman–Crippen LogP) is 2.36. The van der Waals surface area contributed by atoms with Crippen LogP contribution in [0, 0.1) is 6.92 Å². The first-order chi connectivity index (χ1) is 12.2. The van der Waals surface area contributed by atoms with Crippen molar-refractivity contribution < 1.29 is 9.21 Å². The lowest BCUT2D eigenvalue weighted by molar-refractivity contribution is 0.0927. The van der Waals surface area contributed by atoms with Gasteiger partial charge in [0.15, 0.2) is 5.76 Å². The van der Waals surface area contributed by atoms with Crippen LogP contribution >= 0.6 is 0 Å². The number of furan rings is 1. The van der Waals surface area contributed by atoms with Crippen LogP contribution in [-0.4, -0.2) is 33.9 Å². The molecule has 0 spiro atoms. The van der Waals surface area contributed by atoms with Gasteiger partial charge in [-0.1, -0.05) is 6.07 Å². The molecule has 3 aromatic heterocycles. The van der Waals surface area contributed by atoms with E-state index in [0.717, 1.165) is 0 Å². The molecule has 1 amide bonds. The van der Waals surface area contributed by atoms with Crippen LogP contribution in [0.4, 0.5) is 17.5 Å². The fourth-order valence-corrected chi connectivity index (χ4v) is 2.15. The van der Waals surface area contributed by atoms with E-state index in [-0.39, 0.29) is 5.91 Å². The molecule has 0 atom stereocenters. The maximum atomic E-state index is 11.8. The van der Waals surface area contributed by atoms with E-state index in [2.05, 4.69) is 30.9 Å². The highest BCUT2D eigenvalue weighted by atomic mass is 16.3. The average Bonchev–Trinajstić information content (AvgIpc) is 3.14. The minimum Gasteiger partial charge on any atom is -0.459 e. The smallest absolute Gasteiger partial charge is 0.287 e. The molecule has 0 aliphatic heterocycles. The van der Waals surface area contributed by atoms with E-state index in [1.165, 1.54) is 6.26 Å². The maximum absolute atomic E-state index is 11.8. The van der Waals surface area contributed by atoms with Crippen molar-refractivity contribution in [2.45, 2.75) is 6.92 Å². The Balaban J connectivity index is 1.53. The molecule has 3 heterocycles. The van der Waals surface area contributed by atoms with E-state index in [4.69, 9.17) is 4.42 Å². The molecule has 0 aliphatic carbocycles. The van der Waals surface area contributed by atoms with Crippen molar-refractivity contribution in [1.29, 1.82) is 0 Å². The van der Waals surface area contributed by atoms with Crippen LogP contribution in [0.15, 0.2) is 53.3 Å². The molecule has 3 N–H and O–H groups in total. The summed E-state index contributed by atoms with van der Waals surface area (Å²) in [5.74, 6) is 2.69. The van der Waals surface area contributed by atoms with Gasteiger partial charge in [-0.2, -0.15) is 0 Å². The van der Waals surface area contributed by atoms with Gasteiger partial charge in [0.05, 0.1) is 6.26 Å². The number of pyridine rings is 1. The zero-order valence-electron chi connectivity index (χ0n) is 13.7. The Labute approximate surface area is 144 Å². The van der Waals surface area contributed by atoms with Gasteiger partial charge in [0.25, 0.3) is 5.91 Å². The van der Waals surface area contributed by atoms with Crippen LogP contribution in [0.1, 0.15) is 16.4 Å². The summed E-state index contributed by atoms with van der Waals surface area (Å²) in [5.41, 5.74) is 0. The van der Waals surface area contributed by atoms with E-state index in [0.29, 0.717) is 42.1 Å². The lowest BCUT2D eigenvalue weighted by Crippen LogP contribution is -2.28. The molecular weight excluding hydrogens is 320 g/mol. The summed E-state index contributed by atoms with van der Waals surface area (Å²) in [6.07, 6.45) is 3.17. The molecular formula is C17H18N6O2. The van der Waals surface area contributed by atoms with Crippen LogP contribution < -0.4 is 16.0 Å². The number of nitrogens with one attached hydrogen (secondary N) is 3. The Morgan fingerprint density at radius 3 is 2.72 bits per heavy atom. The summed E-state index contributed by atoms with van der Waals surface area (Å²) in [7, 11) is 0. The van der Waals surface area contributed by atoms with E-state index in [1.807, 2.05) is 25.1 Å². The van der Waals surface area contributed by atoms with E-state index < -0.39 is 0 Å². The Hall–Kier alpha value is -3.42. The van der Waals surface area contributed by atoms with Crippen LogP contribution in [0.3, 0.4) is 0 Å². The minimum absolute atomic E-state index is 0.247. The van der Waals surface area contributed by atoms with Gasteiger partial charge >= 0.3 is 0 Å². The maximum Gasteiger partial charge on any atom is 0.287 e. The second-order valence-corrected chi connectivity index (χ2v) is 5.19. The van der Waals surface area contributed by atoms with Crippen LogP contribution in [0.25, 0.3) is 0 Å². The number of anilines is 3. The van der Waals surface area contributed by atoms with Gasteiger partial charge in [-0.3, -0.25) is 4.79 Å². The van der Waals surface area contributed by atoms with Crippen molar-refractivity contribution in [3.63, 3.8) is 0 Å². The quantitative estimate of drug-likeness (QED) is 0.568. The Kier molecular flexibility index (Phi) is 5.20. The Morgan fingerprint density at radius 2 is 1.96 bits per heavy atom. The molecule has 3 rings (SSSR count). The van der Waals surface area contributed by atoms with Gasteiger partial charge in [0, 0.05) is 25.4 Å². The second-order valence-electron chi connectivity index (χ2n) is 5.19. The topological polar surface area (TPSA) is 105 Å². The van der Waals surface area contributed by atoms with Gasteiger partial charge < -0.3 is 20.4 Å². The molecule has 0 saturated carbocycles. The van der Waals surface area contributed by atoms with Crippen molar-refractivity contribution in [1.82, 2.24) is 20.3 Å². The third-order valence-corrected chi connectivity index (χ3v) is 3.22. The number of nitrogens with zero attached hydrogens (tertiary/aromatic N) is 3. The van der Waals surface area contributed by atoms with Crippen molar-refractivity contribution >= 4 is 23.4 Å². The Morgan fingerprint density at radius 1 is 1.08 bits per heavy atom. The molecule has 25 heavy (non-hydrogen) atoms. The van der Waals surface area contributed by atoms with Crippen LogP contribution in [0.5, 0.6) is 0 Å². The third kappa shape index (κ3) is 4.77. The molecule has 0 unspecified atom stereocenters. The minimum atomic E-state index is -0.247. The Bertz CT molecular complexity index is 820. The van der Waals surface area contributed by atoms with Gasteiger partial charge in [-0.05, 0) is 31.2 Å². The molecule has 0 bridgehead atoms. The first-order valence-electron chi connectivity index (χ1n) is 7.80. The van der Waals surface area contributed by atoms with Gasteiger partial charge in [-0.25, -0.2) is 15.0 Å². The van der Waals surface area contributed by atoms with Gasteiger partial charge in [0.1, 0.15) is 23.3 Å². The fourth-order valence-electron chi connectivity index (χ4n) is 2.15. The summed E-state index contributed by atoms with van der Waals surface area (Å²) in [6, 6.07) is 10.7. The van der Waals surface area contributed by atoms with Crippen LogP contribution in [0.2, 0.25) is 0 Å². The van der Waals surface area contributed by atoms with Crippen molar-refractivity contribution in [2.75, 3.05) is 23.7 Å². The number of rotatable bonds is 7. The molecule has 0 saturated heterocycles. The highest BCUT2D eigenvalue weighted by Crippen LogP contribution is 2.15. The summed E-state index contributed by atoms with van der Waals surface area (Å²) in [5, 5.41) is 9.04. The molecule has 0 aliphatic rings. The fraction of sp³-hybridized carbons (Fsp3) is 0.176. The second kappa shape index (κ2) is 7.91. The molecule has 0 fully saturated rings. The van der Waals surface area contributed by atoms with E-state index in [9.17, 15) is 4.79 Å². The lowest BCUT2D eigenvalue weighted by atomic mass is 10.4. The zero-order chi connectivity index (χ0) is 17.5. The van der Waals surface area contributed by atoms with Gasteiger partial charge in [0.2, 0.25) is 0 Å². The van der Waals surface area contributed by atoms with Crippen LogP contribution in [-0.2, 0) is 0 Å². The molecule has 8 heteroatoms. The zero-order valence-corrected chi connectivity index (χ0v) is 13.7. The number of amides is 1. The summed E-state index contributed by atoms with van der Waals surface area (Å²) in [4.78, 5) is 24.6. The molecule has 128 valence electrons. The van der Waals surface area contributed by atoms with Crippen molar-refractivity contribution in [2.24, 2.45) is 0 Å². The first-order valence-corrected chi connectivity index (χ1v) is 7.80.